The summed E-state index contributed by atoms with van der Waals surface area (Å²) < 4.78 is 23.6. The molecule has 1 aromatic carbocycles. The first-order chi connectivity index (χ1) is 16.7. The minimum atomic E-state index is -1.90. The van der Waals surface area contributed by atoms with Gasteiger partial charge < -0.3 is 34.3 Å². The van der Waals surface area contributed by atoms with Crippen molar-refractivity contribution in [3.05, 3.63) is 35.9 Å². The molecular formula is C26H34O10. The van der Waals surface area contributed by atoms with Crippen molar-refractivity contribution < 1.29 is 48.7 Å². The average molecular weight is 507 g/mol. The highest BCUT2D eigenvalue weighted by atomic mass is 16.6. The second kappa shape index (κ2) is 8.79. The quantitative estimate of drug-likeness (QED) is 0.392. The lowest BCUT2D eigenvalue weighted by atomic mass is 9.46. The monoisotopic (exact) mass is 506 g/mol. The lowest BCUT2D eigenvalue weighted by Crippen LogP contribution is -2.83. The van der Waals surface area contributed by atoms with Gasteiger partial charge in [-0.05, 0) is 45.7 Å². The topological polar surface area (TPSA) is 149 Å². The molecule has 1 spiro atoms. The van der Waals surface area contributed by atoms with E-state index in [0.29, 0.717) is 0 Å². The molecule has 3 N–H and O–H groups in total. The molecule has 1 aliphatic heterocycles. The van der Waals surface area contributed by atoms with E-state index in [-0.39, 0.29) is 18.4 Å². The second-order valence-electron chi connectivity index (χ2n) is 10.8. The predicted octanol–water partition coefficient (Wildman–Crippen LogP) is 1.14. The van der Waals surface area contributed by atoms with Gasteiger partial charge in [-0.1, -0.05) is 18.2 Å². The molecule has 3 aliphatic rings. The smallest absolute Gasteiger partial charge is 0.338 e. The fourth-order valence-corrected chi connectivity index (χ4v) is 6.80. The lowest BCUT2D eigenvalue weighted by molar-refractivity contribution is -0.348. The number of aliphatic hydroxyl groups is 3. The van der Waals surface area contributed by atoms with Gasteiger partial charge in [-0.15, -0.1) is 0 Å². The van der Waals surface area contributed by atoms with E-state index < -0.39 is 77.1 Å². The molecule has 2 bridgehead atoms. The maximum Gasteiger partial charge on any atom is 0.338 e. The van der Waals surface area contributed by atoms with Crippen molar-refractivity contribution in [2.24, 2.45) is 11.3 Å². The molecule has 0 radical (unpaired) electrons. The molecule has 3 fully saturated rings. The van der Waals surface area contributed by atoms with Crippen LogP contribution in [0.2, 0.25) is 0 Å². The fourth-order valence-electron chi connectivity index (χ4n) is 6.80. The van der Waals surface area contributed by atoms with E-state index >= 15 is 0 Å². The molecule has 4 rings (SSSR count). The van der Waals surface area contributed by atoms with Crippen LogP contribution in [0.25, 0.3) is 0 Å². The third-order valence-corrected chi connectivity index (χ3v) is 8.18. The van der Waals surface area contributed by atoms with Crippen LogP contribution >= 0.6 is 0 Å². The zero-order valence-corrected chi connectivity index (χ0v) is 21.1. The number of rotatable bonds is 5. The van der Waals surface area contributed by atoms with Gasteiger partial charge in [0.05, 0.1) is 28.8 Å². The van der Waals surface area contributed by atoms with Gasteiger partial charge in [0.2, 0.25) is 0 Å². The molecule has 0 aromatic heterocycles. The standard InChI is InChI=1S/C26H34O10/c1-14(27)33-13-25-17(29)11-12-24(5,32)26(25)20(34-15(2)28)18(23(3,4)36-26)19(30)21(25)35-22(31)16-9-7-6-8-10-16/h6-10,17-21,29-30,32H,11-13H2,1-5H3/t17-,18+,19+,20+,21+,24-,25-,26-/m0/s1. The van der Waals surface area contributed by atoms with Crippen LogP contribution in [-0.2, 0) is 28.5 Å². The third-order valence-electron chi connectivity index (χ3n) is 8.18. The molecule has 8 atom stereocenters. The van der Waals surface area contributed by atoms with E-state index in [9.17, 15) is 29.7 Å². The zero-order valence-electron chi connectivity index (χ0n) is 21.1. The van der Waals surface area contributed by atoms with Crippen molar-refractivity contribution in [1.29, 1.82) is 0 Å². The predicted molar refractivity (Wildman–Crippen MR) is 124 cm³/mol. The van der Waals surface area contributed by atoms with Crippen LogP contribution < -0.4 is 0 Å². The molecule has 1 saturated heterocycles. The average Bonchev–Trinajstić information content (AvgIpc) is 2.99. The summed E-state index contributed by atoms with van der Waals surface area (Å²) in [6.45, 7) is 6.63. The van der Waals surface area contributed by atoms with E-state index in [0.717, 1.165) is 0 Å². The van der Waals surface area contributed by atoms with Gasteiger partial charge in [0.25, 0.3) is 0 Å². The Morgan fingerprint density at radius 1 is 1.00 bits per heavy atom. The van der Waals surface area contributed by atoms with E-state index in [1.807, 2.05) is 0 Å². The minimum Gasteiger partial charge on any atom is -0.465 e. The van der Waals surface area contributed by atoms with Gasteiger partial charge >= 0.3 is 17.9 Å². The summed E-state index contributed by atoms with van der Waals surface area (Å²) in [5, 5.41) is 35.2. The number of benzene rings is 1. The van der Waals surface area contributed by atoms with Gasteiger partial charge in [0, 0.05) is 13.8 Å². The normalized spacial score (nSPS) is 40.6. The Hall–Kier alpha value is -2.53. The van der Waals surface area contributed by atoms with Crippen LogP contribution in [0.4, 0.5) is 0 Å². The van der Waals surface area contributed by atoms with Crippen molar-refractivity contribution in [3.8, 4) is 0 Å². The summed E-state index contributed by atoms with van der Waals surface area (Å²) in [7, 11) is 0. The van der Waals surface area contributed by atoms with Crippen molar-refractivity contribution >= 4 is 17.9 Å². The first-order valence-corrected chi connectivity index (χ1v) is 12.1. The number of carbonyl (C=O) groups excluding carboxylic acids is 3. The summed E-state index contributed by atoms with van der Waals surface area (Å²) in [4.78, 5) is 37.5. The van der Waals surface area contributed by atoms with Crippen LogP contribution in [0, 0.1) is 11.3 Å². The lowest BCUT2D eigenvalue weighted by Gasteiger charge is -2.65. The number of hydrogen-bond donors (Lipinski definition) is 3. The van der Waals surface area contributed by atoms with Crippen molar-refractivity contribution in [2.75, 3.05) is 6.61 Å². The molecule has 1 aromatic rings. The molecule has 10 heteroatoms. The Bertz CT molecular complexity index is 1040. The van der Waals surface area contributed by atoms with Crippen molar-refractivity contribution in [2.45, 2.75) is 88.7 Å². The maximum atomic E-state index is 13.2. The van der Waals surface area contributed by atoms with E-state index in [4.69, 9.17) is 18.9 Å². The van der Waals surface area contributed by atoms with Gasteiger partial charge in [-0.25, -0.2) is 4.79 Å². The van der Waals surface area contributed by atoms with Gasteiger partial charge in [-0.2, -0.15) is 0 Å². The summed E-state index contributed by atoms with van der Waals surface area (Å²) in [6.07, 6.45) is -5.54. The number of esters is 3. The SMILES string of the molecule is CC(=O)OC[C@]12[C@H](OC(=O)c3ccccc3)[C@H](O)[C@@H]3[C@@H](OC(C)=O)[C@]1(OC3(C)C)[C@@](C)(O)CC[C@@H]2O. The van der Waals surface area contributed by atoms with Gasteiger partial charge in [0.15, 0.2) is 0 Å². The summed E-state index contributed by atoms with van der Waals surface area (Å²) in [5.41, 5.74) is -6.51. The Kier molecular flexibility index (Phi) is 6.48. The molecule has 0 unspecified atom stereocenters. The Labute approximate surface area is 209 Å². The molecular weight excluding hydrogens is 472 g/mol. The van der Waals surface area contributed by atoms with Crippen LogP contribution in [0.5, 0.6) is 0 Å². The largest absolute Gasteiger partial charge is 0.465 e. The van der Waals surface area contributed by atoms with Crippen molar-refractivity contribution in [1.82, 2.24) is 0 Å². The third kappa shape index (κ3) is 3.65. The number of fused-ring (bicyclic) bond motifs is 1. The van der Waals surface area contributed by atoms with Crippen LogP contribution in [-0.4, -0.2) is 81.1 Å². The first kappa shape index (κ1) is 26.5. The number of ether oxygens (including phenoxy) is 4. The number of carbonyl (C=O) groups is 3. The highest BCUT2D eigenvalue weighted by molar-refractivity contribution is 5.89. The van der Waals surface area contributed by atoms with Gasteiger partial charge in [-0.3, -0.25) is 9.59 Å². The molecule has 2 aliphatic carbocycles. The van der Waals surface area contributed by atoms with Crippen molar-refractivity contribution in [3.63, 3.8) is 0 Å². The molecule has 36 heavy (non-hydrogen) atoms. The highest BCUT2D eigenvalue weighted by Crippen LogP contribution is 2.68. The molecule has 0 amide bonds. The van der Waals surface area contributed by atoms with E-state index in [1.165, 1.54) is 32.9 Å². The highest BCUT2D eigenvalue weighted by Gasteiger charge is 2.86. The maximum absolute atomic E-state index is 13.2. The minimum absolute atomic E-state index is 0.0172. The number of aliphatic hydroxyl groups excluding tert-OH is 2. The Morgan fingerprint density at radius 3 is 2.22 bits per heavy atom. The summed E-state index contributed by atoms with van der Waals surface area (Å²) in [5.74, 6) is -3.10. The van der Waals surface area contributed by atoms with Crippen LogP contribution in [0.1, 0.15) is 57.8 Å². The van der Waals surface area contributed by atoms with Crippen LogP contribution in [0.3, 0.4) is 0 Å². The van der Waals surface area contributed by atoms with Crippen LogP contribution in [0.15, 0.2) is 30.3 Å². The first-order valence-electron chi connectivity index (χ1n) is 12.1. The van der Waals surface area contributed by atoms with E-state index in [1.54, 1.807) is 32.0 Å². The fraction of sp³-hybridized carbons (Fsp3) is 0.654. The molecule has 1 heterocycles. The number of hydrogen-bond acceptors (Lipinski definition) is 10. The molecule has 198 valence electrons. The zero-order chi connectivity index (χ0) is 26.7. The van der Waals surface area contributed by atoms with E-state index in [2.05, 4.69) is 0 Å². The molecule has 2 saturated carbocycles. The summed E-state index contributed by atoms with van der Waals surface area (Å²) >= 11 is 0. The van der Waals surface area contributed by atoms with Gasteiger partial charge in [0.1, 0.15) is 35.9 Å². The second-order valence-corrected chi connectivity index (χ2v) is 10.8. The molecule has 10 nitrogen and oxygen atoms in total. The Morgan fingerprint density at radius 2 is 1.64 bits per heavy atom. The Balaban J connectivity index is 1.97. The summed E-state index contributed by atoms with van der Waals surface area (Å²) in [6, 6.07) is 8.10.